The third-order valence-electron chi connectivity index (χ3n) is 4.36. The minimum Gasteiger partial charge on any atom is -0.461 e. The second kappa shape index (κ2) is 5.13. The molecule has 1 amide bonds. The van der Waals surface area contributed by atoms with E-state index in [1.807, 2.05) is 20.8 Å². The number of β-lactam (4-membered cyclic amide) rings is 1. The minimum absolute atomic E-state index is 0.0292. The first-order valence-corrected chi connectivity index (χ1v) is 8.36. The van der Waals surface area contributed by atoms with Gasteiger partial charge in [-0.15, -0.1) is 11.8 Å². The number of carbonyl (C=O) groups is 3. The molecule has 122 valence electrons. The first-order valence-electron chi connectivity index (χ1n) is 7.42. The van der Waals surface area contributed by atoms with Gasteiger partial charge in [-0.2, -0.15) is 0 Å². The van der Waals surface area contributed by atoms with E-state index in [0.29, 0.717) is 0 Å². The van der Waals surface area contributed by atoms with Crippen LogP contribution in [0.3, 0.4) is 0 Å². The van der Waals surface area contributed by atoms with Gasteiger partial charge >= 0.3 is 11.9 Å². The van der Waals surface area contributed by atoms with Crippen LogP contribution in [0.5, 0.6) is 0 Å². The SMILES string of the molecule is CC(C)COC(=O)[C@]12OC(=O)C[C@H]1[C@H](C)S[C@@H]1[C@H](N)C(=O)N12. The molecule has 22 heavy (non-hydrogen) atoms. The summed E-state index contributed by atoms with van der Waals surface area (Å²) in [5, 5.41) is -0.380. The largest absolute Gasteiger partial charge is 0.461 e. The predicted molar refractivity (Wildman–Crippen MR) is 78.4 cm³/mol. The van der Waals surface area contributed by atoms with Gasteiger partial charge in [-0.05, 0) is 5.92 Å². The molecule has 0 bridgehead atoms. The molecule has 3 aliphatic rings. The smallest absolute Gasteiger partial charge is 0.373 e. The lowest BCUT2D eigenvalue weighted by molar-refractivity contribution is -0.220. The van der Waals surface area contributed by atoms with Gasteiger partial charge in [0.1, 0.15) is 11.4 Å². The normalized spacial score (nSPS) is 40.0. The summed E-state index contributed by atoms with van der Waals surface area (Å²) in [6, 6.07) is -0.664. The molecule has 3 heterocycles. The van der Waals surface area contributed by atoms with Gasteiger partial charge < -0.3 is 15.2 Å². The van der Waals surface area contributed by atoms with E-state index in [0.717, 1.165) is 0 Å². The molecule has 0 radical (unpaired) electrons. The van der Waals surface area contributed by atoms with Crippen LogP contribution in [0.25, 0.3) is 0 Å². The Labute approximate surface area is 132 Å². The number of hydrogen-bond donors (Lipinski definition) is 1. The van der Waals surface area contributed by atoms with Crippen molar-refractivity contribution >= 4 is 29.6 Å². The first-order chi connectivity index (χ1) is 10.3. The maximum Gasteiger partial charge on any atom is 0.373 e. The van der Waals surface area contributed by atoms with Crippen LogP contribution in [0.15, 0.2) is 0 Å². The summed E-state index contributed by atoms with van der Waals surface area (Å²) in [7, 11) is 0. The molecule has 0 aliphatic carbocycles. The molecule has 3 fully saturated rings. The predicted octanol–water partition coefficient (Wildman–Crippen LogP) is 0.0759. The van der Waals surface area contributed by atoms with Crippen LogP contribution >= 0.6 is 11.8 Å². The highest BCUT2D eigenvalue weighted by Crippen LogP contribution is 2.54. The van der Waals surface area contributed by atoms with Gasteiger partial charge in [0.2, 0.25) is 5.91 Å². The number of esters is 2. The molecule has 0 aromatic rings. The Morgan fingerprint density at radius 2 is 2.23 bits per heavy atom. The number of carbonyl (C=O) groups excluding carboxylic acids is 3. The van der Waals surface area contributed by atoms with Gasteiger partial charge in [-0.1, -0.05) is 20.8 Å². The number of fused-ring (bicyclic) bond motifs is 3. The van der Waals surface area contributed by atoms with Crippen LogP contribution in [0, 0.1) is 11.8 Å². The highest BCUT2D eigenvalue weighted by molar-refractivity contribution is 8.00. The number of nitrogens with zero attached hydrogens (tertiary/aromatic N) is 1. The molecule has 3 rings (SSSR count). The Hall–Kier alpha value is -1.28. The lowest BCUT2D eigenvalue weighted by Gasteiger charge is -2.57. The molecule has 8 heteroatoms. The van der Waals surface area contributed by atoms with Crippen molar-refractivity contribution in [1.29, 1.82) is 0 Å². The molecule has 0 saturated carbocycles. The van der Waals surface area contributed by atoms with Gasteiger partial charge in [0.05, 0.1) is 18.9 Å². The van der Waals surface area contributed by atoms with Crippen molar-refractivity contribution in [3.63, 3.8) is 0 Å². The van der Waals surface area contributed by atoms with Gasteiger partial charge in [0.25, 0.3) is 5.72 Å². The highest BCUT2D eigenvalue weighted by Gasteiger charge is 2.72. The number of rotatable bonds is 3. The molecule has 2 N–H and O–H groups in total. The van der Waals surface area contributed by atoms with Gasteiger partial charge in [0, 0.05) is 5.25 Å². The summed E-state index contributed by atoms with van der Waals surface area (Å²) < 4.78 is 10.7. The average Bonchev–Trinajstić information content (AvgIpc) is 2.82. The second-order valence-corrected chi connectivity index (χ2v) is 7.94. The zero-order valence-corrected chi connectivity index (χ0v) is 13.6. The second-order valence-electron chi connectivity index (χ2n) is 6.44. The summed E-state index contributed by atoms with van der Waals surface area (Å²) in [5.41, 5.74) is 4.20. The van der Waals surface area contributed by atoms with Crippen molar-refractivity contribution in [2.24, 2.45) is 17.6 Å². The van der Waals surface area contributed by atoms with Crippen molar-refractivity contribution in [1.82, 2.24) is 4.90 Å². The highest BCUT2D eigenvalue weighted by atomic mass is 32.2. The zero-order chi connectivity index (χ0) is 16.2. The fourth-order valence-corrected chi connectivity index (χ4v) is 4.84. The van der Waals surface area contributed by atoms with Crippen LogP contribution in [0.4, 0.5) is 0 Å². The third-order valence-corrected chi connectivity index (χ3v) is 5.90. The molecule has 5 atom stereocenters. The quantitative estimate of drug-likeness (QED) is 0.578. The minimum atomic E-state index is -1.63. The Kier molecular flexibility index (Phi) is 3.64. The van der Waals surface area contributed by atoms with Gasteiger partial charge in [-0.25, -0.2) is 4.79 Å². The molecular weight excluding hydrogens is 308 g/mol. The molecule has 0 unspecified atom stereocenters. The number of ether oxygens (including phenoxy) is 2. The topological polar surface area (TPSA) is 98.9 Å². The summed E-state index contributed by atoms with van der Waals surface area (Å²) >= 11 is 1.51. The summed E-state index contributed by atoms with van der Waals surface area (Å²) in [6.45, 7) is 5.96. The van der Waals surface area contributed by atoms with E-state index in [2.05, 4.69) is 0 Å². The zero-order valence-electron chi connectivity index (χ0n) is 12.8. The molecule has 0 aromatic heterocycles. The van der Waals surface area contributed by atoms with Crippen LogP contribution in [-0.2, 0) is 23.9 Å². The summed E-state index contributed by atoms with van der Waals surface area (Å²) in [5.74, 6) is -1.76. The van der Waals surface area contributed by atoms with E-state index in [4.69, 9.17) is 15.2 Å². The van der Waals surface area contributed by atoms with E-state index in [1.165, 1.54) is 16.7 Å². The Balaban J connectivity index is 1.96. The molecule has 7 nitrogen and oxygen atoms in total. The number of thioether (sulfide) groups is 1. The fraction of sp³-hybridized carbons (Fsp3) is 0.786. The Morgan fingerprint density at radius 3 is 2.86 bits per heavy atom. The molecule has 0 aromatic carbocycles. The van der Waals surface area contributed by atoms with Crippen LogP contribution in [0.2, 0.25) is 0 Å². The van der Waals surface area contributed by atoms with Crippen LogP contribution < -0.4 is 5.73 Å². The third kappa shape index (κ3) is 1.96. The van der Waals surface area contributed by atoms with Crippen molar-refractivity contribution < 1.29 is 23.9 Å². The lowest BCUT2D eigenvalue weighted by atomic mass is 9.86. The number of nitrogens with two attached hydrogens (primary N) is 1. The first kappa shape index (κ1) is 15.6. The molecule has 3 aliphatic heterocycles. The standard InChI is InChI=1S/C14H20N2O5S/c1-6(2)5-20-13(19)14-8(4-9(17)21-14)7(3)22-12-10(15)11(18)16(12)14/h6-8,10,12H,4-5,15H2,1-3H3/t7-,8-,10+,12+,14+/m0/s1. The monoisotopic (exact) mass is 328 g/mol. The Morgan fingerprint density at radius 1 is 1.55 bits per heavy atom. The van der Waals surface area contributed by atoms with E-state index in [1.54, 1.807) is 0 Å². The maximum absolute atomic E-state index is 12.7. The average molecular weight is 328 g/mol. The van der Waals surface area contributed by atoms with E-state index >= 15 is 0 Å². The fourth-order valence-electron chi connectivity index (χ4n) is 3.26. The van der Waals surface area contributed by atoms with Crippen molar-refractivity contribution in [3.8, 4) is 0 Å². The molecule has 0 spiro atoms. The lowest BCUT2D eigenvalue weighted by Crippen LogP contribution is -2.80. The molecular formula is C14H20N2O5S. The van der Waals surface area contributed by atoms with E-state index in [-0.39, 0.29) is 35.5 Å². The van der Waals surface area contributed by atoms with E-state index < -0.39 is 29.6 Å². The van der Waals surface area contributed by atoms with Crippen molar-refractivity contribution in [3.05, 3.63) is 0 Å². The van der Waals surface area contributed by atoms with Gasteiger partial charge in [0.15, 0.2) is 0 Å². The van der Waals surface area contributed by atoms with Crippen molar-refractivity contribution in [2.45, 2.75) is 49.6 Å². The number of amides is 1. The number of hydrogen-bond acceptors (Lipinski definition) is 7. The van der Waals surface area contributed by atoms with Crippen LogP contribution in [0.1, 0.15) is 27.2 Å². The summed E-state index contributed by atoms with van der Waals surface area (Å²) in [4.78, 5) is 38.1. The van der Waals surface area contributed by atoms with Crippen LogP contribution in [-0.4, -0.2) is 51.7 Å². The maximum atomic E-state index is 12.7. The van der Waals surface area contributed by atoms with Crippen molar-refractivity contribution in [2.75, 3.05) is 6.61 Å². The van der Waals surface area contributed by atoms with E-state index in [9.17, 15) is 14.4 Å². The Bertz CT molecular complexity index is 539. The summed E-state index contributed by atoms with van der Waals surface area (Å²) in [6.07, 6.45) is 0.108. The molecule has 3 saturated heterocycles. The van der Waals surface area contributed by atoms with Gasteiger partial charge in [-0.3, -0.25) is 14.5 Å².